The molecule has 0 aromatic heterocycles. The fourth-order valence-corrected chi connectivity index (χ4v) is 7.16. The maximum absolute atomic E-state index is 13.7. The van der Waals surface area contributed by atoms with E-state index >= 15 is 0 Å². The van der Waals surface area contributed by atoms with Crippen LogP contribution in [0.3, 0.4) is 0 Å². The second kappa shape index (κ2) is 11.3. The van der Waals surface area contributed by atoms with Crippen molar-refractivity contribution in [1.29, 1.82) is 0 Å². The van der Waals surface area contributed by atoms with Gasteiger partial charge < -0.3 is 4.74 Å². The number of hydrogen-bond acceptors (Lipinski definition) is 4. The molecule has 0 N–H and O–H groups in total. The van der Waals surface area contributed by atoms with Gasteiger partial charge in [0.25, 0.3) is 10.1 Å². The molecule has 1 aliphatic rings. The summed E-state index contributed by atoms with van der Waals surface area (Å²) in [5.74, 6) is 0.964. The normalized spacial score (nSPS) is 20.2. The van der Waals surface area contributed by atoms with Gasteiger partial charge in [-0.2, -0.15) is 8.42 Å². The van der Waals surface area contributed by atoms with Gasteiger partial charge >= 0.3 is 0 Å². The van der Waals surface area contributed by atoms with E-state index < -0.39 is 15.4 Å². The number of hydrogen-bond donors (Lipinski definition) is 0. The Balaban J connectivity index is 2.05. The Hall–Kier alpha value is -1.85. The molecule has 0 heterocycles. The van der Waals surface area contributed by atoms with Gasteiger partial charge in [-0.25, -0.2) is 0 Å². The lowest BCUT2D eigenvalue weighted by Crippen LogP contribution is -2.31. The Kier molecular flexibility index (Phi) is 8.99. The van der Waals surface area contributed by atoms with Crippen LogP contribution in [0, 0.1) is 0 Å². The minimum Gasteiger partial charge on any atom is -0.496 e. The van der Waals surface area contributed by atoms with Crippen LogP contribution in [0.4, 0.5) is 0 Å². The van der Waals surface area contributed by atoms with E-state index in [9.17, 15) is 8.42 Å². The molecule has 2 aromatic rings. The summed E-state index contributed by atoms with van der Waals surface area (Å²) in [4.78, 5) is 0. The first-order valence-electron chi connectivity index (χ1n) is 13.5. The summed E-state index contributed by atoms with van der Waals surface area (Å²) in [5, 5.41) is -0.641. The quantitative estimate of drug-likeness (QED) is 0.333. The highest BCUT2D eigenvalue weighted by Gasteiger charge is 2.37. The molecule has 0 spiro atoms. The second-order valence-corrected chi connectivity index (χ2v) is 14.1. The molecule has 0 aliphatic heterocycles. The third-order valence-electron chi connectivity index (χ3n) is 7.39. The highest BCUT2D eigenvalue weighted by molar-refractivity contribution is 7.87. The summed E-state index contributed by atoms with van der Waals surface area (Å²) in [6.07, 6.45) is 4.69. The molecule has 0 bridgehead atoms. The van der Waals surface area contributed by atoms with Crippen LogP contribution in [0.2, 0.25) is 0 Å². The van der Waals surface area contributed by atoms with E-state index in [-0.39, 0.29) is 22.9 Å². The Labute approximate surface area is 219 Å². The van der Waals surface area contributed by atoms with Crippen molar-refractivity contribution in [3.63, 3.8) is 0 Å². The van der Waals surface area contributed by atoms with Crippen LogP contribution in [0.15, 0.2) is 42.5 Å². The van der Waals surface area contributed by atoms with Crippen LogP contribution in [-0.4, -0.2) is 21.6 Å². The van der Waals surface area contributed by atoms with Gasteiger partial charge in [-0.15, -0.1) is 0 Å². The van der Waals surface area contributed by atoms with E-state index in [1.54, 1.807) is 7.11 Å². The second-order valence-electron chi connectivity index (χ2n) is 12.4. The lowest BCUT2D eigenvalue weighted by atomic mass is 9.74. The van der Waals surface area contributed by atoms with Crippen LogP contribution in [0.1, 0.15) is 120 Å². The predicted octanol–water partition coefficient (Wildman–Crippen LogP) is 8.20. The average molecular weight is 515 g/mol. The highest BCUT2D eigenvalue weighted by atomic mass is 32.2. The van der Waals surface area contributed by atoms with E-state index in [4.69, 9.17) is 8.92 Å². The van der Waals surface area contributed by atoms with Gasteiger partial charge in [-0.05, 0) is 41.2 Å². The van der Waals surface area contributed by atoms with E-state index in [0.717, 1.165) is 60.1 Å². The van der Waals surface area contributed by atoms with Gasteiger partial charge in [0.15, 0.2) is 0 Å². The topological polar surface area (TPSA) is 52.6 Å². The first kappa shape index (κ1) is 28.7. The van der Waals surface area contributed by atoms with E-state index in [2.05, 4.69) is 53.7 Å². The lowest BCUT2D eigenvalue weighted by molar-refractivity contribution is 0.134. The summed E-state index contributed by atoms with van der Waals surface area (Å²) >= 11 is 0. The molecule has 5 heteroatoms. The SMILES string of the molecule is CCCC(c1ccccc1)S(=O)(=O)O[C@@H]1CCCC[C@H]1c1cc(C(C)(C)C)c(OC)c(C(C)(C)C)c1. The Bertz CT molecular complexity index is 1070. The van der Waals surface area contributed by atoms with Crippen molar-refractivity contribution >= 4 is 10.1 Å². The Morgan fingerprint density at radius 3 is 1.97 bits per heavy atom. The molecule has 3 atom stereocenters. The molecule has 0 radical (unpaired) electrons. The number of benzene rings is 2. The summed E-state index contributed by atoms with van der Waals surface area (Å²) in [5.41, 5.74) is 4.06. The fourth-order valence-electron chi connectivity index (χ4n) is 5.44. The summed E-state index contributed by atoms with van der Waals surface area (Å²) < 4.78 is 39.5. The van der Waals surface area contributed by atoms with Crippen LogP contribution in [0.25, 0.3) is 0 Å². The van der Waals surface area contributed by atoms with Gasteiger partial charge in [-0.3, -0.25) is 4.18 Å². The van der Waals surface area contributed by atoms with Crippen molar-refractivity contribution in [2.75, 3.05) is 7.11 Å². The molecule has 0 saturated heterocycles. The molecule has 4 nitrogen and oxygen atoms in total. The minimum atomic E-state index is -3.79. The predicted molar refractivity (Wildman–Crippen MR) is 149 cm³/mol. The fraction of sp³-hybridized carbons (Fsp3) is 0.613. The lowest BCUT2D eigenvalue weighted by Gasteiger charge is -2.35. The molecule has 2 aromatic carbocycles. The van der Waals surface area contributed by atoms with Gasteiger partial charge in [0.05, 0.1) is 13.2 Å². The highest BCUT2D eigenvalue weighted by Crippen LogP contribution is 2.45. The zero-order chi connectivity index (χ0) is 26.7. The van der Waals surface area contributed by atoms with Crippen molar-refractivity contribution in [2.45, 2.75) is 115 Å². The summed E-state index contributed by atoms with van der Waals surface area (Å²) in [6, 6.07) is 14.0. The van der Waals surface area contributed by atoms with Crippen molar-refractivity contribution < 1.29 is 17.3 Å². The standard InChI is InChI=1S/C31H46O4S/c1-9-15-28(22-16-11-10-12-17-22)36(32,33)35-27-19-14-13-18-24(27)23-20-25(30(2,3)4)29(34-8)26(21-23)31(5,6)7/h10-12,16-17,20-21,24,27-28H,9,13-15,18-19H2,1-8H3/t24-,27+,28?/m0/s1. The van der Waals surface area contributed by atoms with Gasteiger partial charge in [0, 0.05) is 17.0 Å². The van der Waals surface area contributed by atoms with Crippen LogP contribution in [-0.2, 0) is 25.1 Å². The first-order valence-corrected chi connectivity index (χ1v) is 15.0. The van der Waals surface area contributed by atoms with E-state index in [0.29, 0.717) is 6.42 Å². The molecule has 1 unspecified atom stereocenters. The first-order chi connectivity index (χ1) is 16.8. The zero-order valence-electron chi connectivity index (χ0n) is 23.6. The Morgan fingerprint density at radius 1 is 0.917 bits per heavy atom. The maximum atomic E-state index is 13.7. The monoisotopic (exact) mass is 514 g/mol. The number of ether oxygens (including phenoxy) is 1. The molecule has 3 rings (SSSR count). The smallest absolute Gasteiger partial charge is 0.274 e. The van der Waals surface area contributed by atoms with Crippen molar-refractivity contribution in [3.8, 4) is 5.75 Å². The van der Waals surface area contributed by atoms with Crippen molar-refractivity contribution in [2.24, 2.45) is 0 Å². The van der Waals surface area contributed by atoms with Crippen molar-refractivity contribution in [1.82, 2.24) is 0 Å². The molecule has 1 fully saturated rings. The third-order valence-corrected chi connectivity index (χ3v) is 9.11. The maximum Gasteiger partial charge on any atom is 0.274 e. The average Bonchev–Trinajstić information content (AvgIpc) is 2.81. The van der Waals surface area contributed by atoms with E-state index in [1.165, 1.54) is 0 Å². The molecular formula is C31H46O4S. The molecule has 200 valence electrons. The third kappa shape index (κ3) is 6.52. The number of rotatable bonds is 8. The molecule has 36 heavy (non-hydrogen) atoms. The molecular weight excluding hydrogens is 468 g/mol. The van der Waals surface area contributed by atoms with Gasteiger partial charge in [0.2, 0.25) is 0 Å². The molecule has 1 aliphatic carbocycles. The summed E-state index contributed by atoms with van der Waals surface area (Å²) in [7, 11) is -2.05. The van der Waals surface area contributed by atoms with Crippen LogP contribution in [0.5, 0.6) is 5.75 Å². The number of methoxy groups -OCH3 is 1. The molecule has 0 amide bonds. The minimum absolute atomic E-state index is 0.0275. The molecule has 1 saturated carbocycles. The van der Waals surface area contributed by atoms with Gasteiger partial charge in [-0.1, -0.05) is 110 Å². The Morgan fingerprint density at radius 2 is 1.47 bits per heavy atom. The van der Waals surface area contributed by atoms with Gasteiger partial charge in [0.1, 0.15) is 11.0 Å². The van der Waals surface area contributed by atoms with E-state index in [1.807, 2.05) is 37.3 Å². The van der Waals surface area contributed by atoms with Crippen molar-refractivity contribution in [3.05, 3.63) is 64.7 Å². The zero-order valence-corrected chi connectivity index (χ0v) is 24.4. The summed E-state index contributed by atoms with van der Waals surface area (Å²) in [6.45, 7) is 15.2. The van der Waals surface area contributed by atoms with Crippen LogP contribution < -0.4 is 4.74 Å². The largest absolute Gasteiger partial charge is 0.496 e. The van der Waals surface area contributed by atoms with Crippen LogP contribution >= 0.6 is 0 Å².